The lowest BCUT2D eigenvalue weighted by Gasteiger charge is -2.03. The molecule has 2 aliphatic carbocycles. The second-order valence-corrected chi connectivity index (χ2v) is 9.52. The van der Waals surface area contributed by atoms with Crippen LogP contribution in [-0.4, -0.2) is 68.8 Å². The fourth-order valence-corrected chi connectivity index (χ4v) is 6.11. The Morgan fingerprint density at radius 1 is 0.300 bits per heavy atom. The van der Waals surface area contributed by atoms with Crippen molar-refractivity contribution in [2.24, 2.45) is 0 Å². The van der Waals surface area contributed by atoms with E-state index in [1.165, 1.54) is 0 Å². The molecule has 0 radical (unpaired) electrons. The van der Waals surface area contributed by atoms with Crippen LogP contribution in [-0.2, 0) is 0 Å². The van der Waals surface area contributed by atoms with Gasteiger partial charge in [-0.1, -0.05) is 0 Å². The van der Waals surface area contributed by atoms with Crippen molar-refractivity contribution in [1.29, 1.82) is 0 Å². The quantitative estimate of drug-likeness (QED) is 0.290. The maximum Gasteiger partial charge on any atom is 0.183 e. The van der Waals surface area contributed by atoms with Crippen molar-refractivity contribution in [3.05, 3.63) is 49.6 Å². The van der Waals surface area contributed by atoms with Gasteiger partial charge in [0.25, 0.3) is 0 Å². The topological polar surface area (TPSA) is 164 Å². The molecule has 40 heavy (non-hydrogen) atoms. The van der Waals surface area contributed by atoms with Crippen LogP contribution in [0.3, 0.4) is 0 Å². The third kappa shape index (κ3) is 1.91. The SMILES string of the molecule is c1cnc2c(n1)-c1nc3c4nccnc4c4nc5c6c(nc7c8nccnc8c(nc-2c16)n7n34)-c1nccnc1-5. The Bertz CT molecular complexity index is 2310. The Hall–Kier alpha value is -6.18. The molecule has 12 rings (SSSR count). The number of fused-ring (bicyclic) bond motifs is 4. The van der Waals surface area contributed by atoms with E-state index in [-0.39, 0.29) is 0 Å². The van der Waals surface area contributed by atoms with Gasteiger partial charge in [0.1, 0.15) is 67.6 Å². The smallest absolute Gasteiger partial charge is 0.183 e. The van der Waals surface area contributed by atoms with Crippen molar-refractivity contribution in [3.8, 4) is 45.6 Å². The van der Waals surface area contributed by atoms with Crippen LogP contribution in [0.4, 0.5) is 0 Å². The van der Waals surface area contributed by atoms with Gasteiger partial charge >= 0.3 is 0 Å². The molecule has 0 amide bonds. The zero-order chi connectivity index (χ0) is 25.7. The predicted octanol–water partition coefficient (Wildman–Crippen LogP) is 2.84. The van der Waals surface area contributed by atoms with Crippen LogP contribution < -0.4 is 0 Å². The summed E-state index contributed by atoms with van der Waals surface area (Å²) in [6.07, 6.45) is 13.2. The normalized spacial score (nSPS) is 13.0. The van der Waals surface area contributed by atoms with Gasteiger partial charge in [-0.25, -0.2) is 48.9 Å². The van der Waals surface area contributed by atoms with Gasteiger partial charge in [0.2, 0.25) is 0 Å². The molecule has 0 atom stereocenters. The number of hydrogen-bond donors (Lipinski definition) is 0. The molecule has 14 heteroatoms. The number of rotatable bonds is 0. The molecule has 0 aliphatic heterocycles. The zero-order valence-corrected chi connectivity index (χ0v) is 19.9. The van der Waals surface area contributed by atoms with E-state index in [1.54, 1.807) is 49.6 Å². The van der Waals surface area contributed by atoms with E-state index in [1.807, 2.05) is 9.03 Å². The van der Waals surface area contributed by atoms with Crippen molar-refractivity contribution in [1.82, 2.24) is 68.8 Å². The zero-order valence-electron chi connectivity index (χ0n) is 19.9. The lowest BCUT2D eigenvalue weighted by atomic mass is 10.1. The van der Waals surface area contributed by atoms with Crippen LogP contribution in [0.2, 0.25) is 0 Å². The first-order valence-electron chi connectivity index (χ1n) is 12.3. The predicted molar refractivity (Wildman–Crippen MR) is 141 cm³/mol. The fourth-order valence-electron chi connectivity index (χ4n) is 6.11. The maximum absolute atomic E-state index is 5.26. The van der Waals surface area contributed by atoms with Crippen LogP contribution in [0.25, 0.3) is 101 Å². The van der Waals surface area contributed by atoms with E-state index < -0.39 is 0 Å². The van der Waals surface area contributed by atoms with Crippen LogP contribution in [0, 0.1) is 0 Å². The molecule has 10 heterocycles. The van der Waals surface area contributed by atoms with Crippen molar-refractivity contribution in [2.45, 2.75) is 0 Å². The highest BCUT2D eigenvalue weighted by Gasteiger charge is 2.36. The maximum atomic E-state index is 5.26. The minimum Gasteiger partial charge on any atom is -0.251 e. The molecule has 10 aromatic rings. The molecule has 0 fully saturated rings. The van der Waals surface area contributed by atoms with Gasteiger partial charge in [0, 0.05) is 60.3 Å². The van der Waals surface area contributed by atoms with E-state index in [4.69, 9.17) is 59.8 Å². The standard InChI is InChI=1S/C26H8N14/c1-2-28-16-12-9-10-13-17-18(30-4-3-29-17)14(10)38-26-22-21(33-7-8-34-22)24(36-12)40(26)39-23(35-11(9)15(16)27-1)19-20(25(39)37-13)32-6-5-31-19/h1-8H. The van der Waals surface area contributed by atoms with Gasteiger partial charge in [-0.3, -0.25) is 19.9 Å². The van der Waals surface area contributed by atoms with Gasteiger partial charge in [-0.2, -0.15) is 0 Å². The lowest BCUT2D eigenvalue weighted by Crippen LogP contribution is -2.03. The van der Waals surface area contributed by atoms with Crippen LogP contribution in [0.15, 0.2) is 49.6 Å². The Kier molecular flexibility index (Phi) is 2.89. The molecule has 0 N–H and O–H groups in total. The first-order chi connectivity index (χ1) is 19.9. The first-order valence-corrected chi connectivity index (χ1v) is 12.3. The van der Waals surface area contributed by atoms with E-state index in [0.29, 0.717) is 101 Å². The minimum atomic E-state index is 0.506. The highest BCUT2D eigenvalue weighted by atomic mass is 15.4. The van der Waals surface area contributed by atoms with Crippen LogP contribution in [0.5, 0.6) is 0 Å². The molecule has 14 nitrogen and oxygen atoms in total. The van der Waals surface area contributed by atoms with Gasteiger partial charge in [0.05, 0.1) is 0 Å². The van der Waals surface area contributed by atoms with Crippen molar-refractivity contribution in [2.75, 3.05) is 0 Å². The van der Waals surface area contributed by atoms with E-state index >= 15 is 0 Å². The van der Waals surface area contributed by atoms with Gasteiger partial charge in [0.15, 0.2) is 22.6 Å². The number of aromatic nitrogens is 14. The summed E-state index contributed by atoms with van der Waals surface area (Å²) < 4.78 is 3.70. The third-order valence-corrected chi connectivity index (χ3v) is 7.61. The molecule has 0 unspecified atom stereocenters. The summed E-state index contributed by atoms with van der Waals surface area (Å²) in [5, 5.41) is 1.41. The van der Waals surface area contributed by atoms with Gasteiger partial charge in [-0.15, -0.1) is 0 Å². The lowest BCUT2D eigenvalue weighted by molar-refractivity contribution is 0.882. The molecule has 10 aromatic heterocycles. The largest absolute Gasteiger partial charge is 0.251 e. The fraction of sp³-hybridized carbons (Fsp3) is 0. The van der Waals surface area contributed by atoms with Gasteiger partial charge < -0.3 is 0 Å². The molecule has 0 saturated carbocycles. The minimum absolute atomic E-state index is 0.506. The molecular weight excluding hydrogens is 508 g/mol. The summed E-state index contributed by atoms with van der Waals surface area (Å²) in [6.45, 7) is 0. The van der Waals surface area contributed by atoms with Gasteiger partial charge in [-0.05, 0) is 0 Å². The third-order valence-electron chi connectivity index (χ3n) is 7.61. The van der Waals surface area contributed by atoms with Crippen molar-refractivity contribution < 1.29 is 0 Å². The Morgan fingerprint density at radius 3 is 0.825 bits per heavy atom. The van der Waals surface area contributed by atoms with E-state index in [0.717, 1.165) is 0 Å². The molecule has 182 valence electrons. The summed E-state index contributed by atoms with van der Waals surface area (Å²) in [5.41, 5.74) is 9.06. The van der Waals surface area contributed by atoms with Crippen LogP contribution >= 0.6 is 0 Å². The average Bonchev–Trinajstić information content (AvgIpc) is 3.71. The average molecular weight is 516 g/mol. The number of nitrogens with zero attached hydrogens (tertiary/aromatic N) is 14. The molecule has 0 spiro atoms. The van der Waals surface area contributed by atoms with E-state index in [2.05, 4.69) is 0 Å². The summed E-state index contributed by atoms with van der Waals surface area (Å²) in [6, 6.07) is 0. The second kappa shape index (κ2) is 6.10. The molecule has 0 aromatic carbocycles. The van der Waals surface area contributed by atoms with Crippen LogP contribution in [0.1, 0.15) is 0 Å². The molecule has 2 aliphatic rings. The van der Waals surface area contributed by atoms with Crippen molar-refractivity contribution in [3.63, 3.8) is 0 Å². The summed E-state index contributed by atoms with van der Waals surface area (Å²) in [4.78, 5) is 58.7. The molecular formula is C26H8N14. The van der Waals surface area contributed by atoms with E-state index in [9.17, 15) is 0 Å². The highest BCUT2D eigenvalue weighted by Crippen LogP contribution is 2.50. The summed E-state index contributed by atoms with van der Waals surface area (Å²) in [7, 11) is 0. The Labute approximate surface area is 219 Å². The second-order valence-electron chi connectivity index (χ2n) is 9.52. The summed E-state index contributed by atoms with van der Waals surface area (Å²) >= 11 is 0. The highest BCUT2D eigenvalue weighted by molar-refractivity contribution is 6.21. The first kappa shape index (κ1) is 19.0. The van der Waals surface area contributed by atoms with Crippen molar-refractivity contribution >= 4 is 55.4 Å². The Balaban J connectivity index is 1.68. The monoisotopic (exact) mass is 516 g/mol. The molecule has 12 bridgehead atoms. The molecule has 0 saturated heterocycles. The Morgan fingerprint density at radius 2 is 0.550 bits per heavy atom. The summed E-state index contributed by atoms with van der Waals surface area (Å²) in [5.74, 6) is 0. The number of hydrogen-bond acceptors (Lipinski definition) is 12.